The molecule has 1 aliphatic rings. The number of anilines is 1. The maximum Gasteiger partial charge on any atom is 0.0992 e. The van der Waals surface area contributed by atoms with E-state index in [1.807, 2.05) is 18.2 Å². The summed E-state index contributed by atoms with van der Waals surface area (Å²) in [6.07, 6.45) is 4.83. The van der Waals surface area contributed by atoms with Gasteiger partial charge in [-0.05, 0) is 56.2 Å². The van der Waals surface area contributed by atoms with E-state index in [2.05, 4.69) is 38.2 Å². The van der Waals surface area contributed by atoms with Crippen LogP contribution in [0, 0.1) is 30.1 Å². The molecular formula is C17H22N2. The SMILES string of the molecule is CC1=CC(C)CC(CNc2cc(C#N)ccc2C)C1. The van der Waals surface area contributed by atoms with E-state index in [1.165, 1.54) is 24.0 Å². The van der Waals surface area contributed by atoms with Gasteiger partial charge >= 0.3 is 0 Å². The minimum atomic E-state index is 0.687. The van der Waals surface area contributed by atoms with E-state index < -0.39 is 0 Å². The lowest BCUT2D eigenvalue weighted by Crippen LogP contribution is -2.20. The predicted octanol–water partition coefficient (Wildman–Crippen LogP) is 4.27. The molecule has 0 fully saturated rings. The largest absolute Gasteiger partial charge is 0.385 e. The van der Waals surface area contributed by atoms with E-state index >= 15 is 0 Å². The van der Waals surface area contributed by atoms with Gasteiger partial charge in [0.2, 0.25) is 0 Å². The van der Waals surface area contributed by atoms with Crippen LogP contribution in [0.2, 0.25) is 0 Å². The van der Waals surface area contributed by atoms with Crippen molar-refractivity contribution in [2.75, 3.05) is 11.9 Å². The van der Waals surface area contributed by atoms with Crippen LogP contribution in [-0.2, 0) is 0 Å². The van der Waals surface area contributed by atoms with Crippen molar-refractivity contribution in [3.63, 3.8) is 0 Å². The smallest absolute Gasteiger partial charge is 0.0992 e. The van der Waals surface area contributed by atoms with Gasteiger partial charge in [0, 0.05) is 12.2 Å². The van der Waals surface area contributed by atoms with Crippen LogP contribution >= 0.6 is 0 Å². The Hall–Kier alpha value is -1.75. The lowest BCUT2D eigenvalue weighted by atomic mass is 9.83. The topological polar surface area (TPSA) is 35.8 Å². The normalized spacial score (nSPS) is 22.5. The van der Waals surface area contributed by atoms with Crippen LogP contribution in [0.3, 0.4) is 0 Å². The minimum Gasteiger partial charge on any atom is -0.385 e. The second-order valence-corrected chi connectivity index (χ2v) is 5.82. The summed E-state index contributed by atoms with van der Waals surface area (Å²) in [4.78, 5) is 0. The van der Waals surface area contributed by atoms with Gasteiger partial charge in [0.15, 0.2) is 0 Å². The molecule has 0 bridgehead atoms. The Kier molecular flexibility index (Phi) is 4.27. The molecule has 0 heterocycles. The first kappa shape index (κ1) is 13.7. The molecular weight excluding hydrogens is 232 g/mol. The molecule has 0 aliphatic heterocycles. The number of allylic oxidation sites excluding steroid dienone is 2. The number of benzene rings is 1. The summed E-state index contributed by atoms with van der Waals surface area (Å²) in [5.41, 5.74) is 4.53. The highest BCUT2D eigenvalue weighted by Crippen LogP contribution is 2.28. The summed E-state index contributed by atoms with van der Waals surface area (Å²) in [5, 5.41) is 12.5. The predicted molar refractivity (Wildman–Crippen MR) is 80.0 cm³/mol. The molecule has 0 amide bonds. The van der Waals surface area contributed by atoms with Gasteiger partial charge in [0.05, 0.1) is 11.6 Å². The molecule has 2 atom stereocenters. The Balaban J connectivity index is 2.00. The fourth-order valence-electron chi connectivity index (χ4n) is 2.98. The van der Waals surface area contributed by atoms with Crippen molar-refractivity contribution in [2.45, 2.75) is 33.6 Å². The van der Waals surface area contributed by atoms with Crippen LogP contribution in [0.5, 0.6) is 0 Å². The molecule has 2 rings (SSSR count). The second kappa shape index (κ2) is 5.93. The molecule has 0 spiro atoms. The highest BCUT2D eigenvalue weighted by molar-refractivity contribution is 5.55. The van der Waals surface area contributed by atoms with Crippen LogP contribution in [0.1, 0.15) is 37.8 Å². The zero-order valence-electron chi connectivity index (χ0n) is 12.0. The van der Waals surface area contributed by atoms with Crippen LogP contribution in [0.4, 0.5) is 5.69 Å². The molecule has 1 aromatic carbocycles. The van der Waals surface area contributed by atoms with Crippen LogP contribution in [0.25, 0.3) is 0 Å². The Morgan fingerprint density at radius 2 is 2.16 bits per heavy atom. The van der Waals surface area contributed by atoms with E-state index in [9.17, 15) is 0 Å². The molecule has 0 saturated carbocycles. The zero-order valence-corrected chi connectivity index (χ0v) is 12.0. The molecule has 1 N–H and O–H groups in total. The third kappa shape index (κ3) is 3.61. The zero-order chi connectivity index (χ0) is 13.8. The molecule has 100 valence electrons. The lowest BCUT2D eigenvalue weighted by Gasteiger charge is -2.26. The lowest BCUT2D eigenvalue weighted by molar-refractivity contribution is 0.421. The van der Waals surface area contributed by atoms with Crippen molar-refractivity contribution in [3.05, 3.63) is 41.0 Å². The van der Waals surface area contributed by atoms with Crippen LogP contribution in [-0.4, -0.2) is 6.54 Å². The fraction of sp³-hybridized carbons (Fsp3) is 0.471. The molecule has 19 heavy (non-hydrogen) atoms. The Labute approximate surface area is 116 Å². The second-order valence-electron chi connectivity index (χ2n) is 5.82. The van der Waals surface area contributed by atoms with Crippen molar-refractivity contribution in [3.8, 4) is 6.07 Å². The summed E-state index contributed by atoms with van der Waals surface area (Å²) < 4.78 is 0. The van der Waals surface area contributed by atoms with E-state index in [-0.39, 0.29) is 0 Å². The summed E-state index contributed by atoms with van der Waals surface area (Å²) in [7, 11) is 0. The standard InChI is InChI=1S/C17H22N2/c1-12-6-13(2)8-16(7-12)11-19-17-9-15(10-18)5-4-14(17)3/h4-6,9,12,16,19H,7-8,11H2,1-3H3. The molecule has 1 aliphatic carbocycles. The van der Waals surface area contributed by atoms with Crippen molar-refractivity contribution in [2.24, 2.45) is 11.8 Å². The number of hydrogen-bond donors (Lipinski definition) is 1. The monoisotopic (exact) mass is 254 g/mol. The molecule has 2 unspecified atom stereocenters. The number of nitrogens with zero attached hydrogens (tertiary/aromatic N) is 1. The maximum atomic E-state index is 8.95. The number of nitriles is 1. The Bertz CT molecular complexity index is 523. The van der Waals surface area contributed by atoms with Gasteiger partial charge in [-0.1, -0.05) is 24.6 Å². The summed E-state index contributed by atoms with van der Waals surface area (Å²) in [6, 6.07) is 8.03. The third-order valence-corrected chi connectivity index (χ3v) is 3.83. The first-order chi connectivity index (χ1) is 9.08. The number of aryl methyl sites for hydroxylation is 1. The third-order valence-electron chi connectivity index (χ3n) is 3.83. The summed E-state index contributed by atoms with van der Waals surface area (Å²) >= 11 is 0. The highest BCUT2D eigenvalue weighted by Gasteiger charge is 2.17. The summed E-state index contributed by atoms with van der Waals surface area (Å²) in [5.74, 6) is 1.39. The summed E-state index contributed by atoms with van der Waals surface area (Å²) in [6.45, 7) is 7.59. The highest BCUT2D eigenvalue weighted by atomic mass is 14.9. The molecule has 2 heteroatoms. The van der Waals surface area contributed by atoms with Gasteiger partial charge in [0.1, 0.15) is 0 Å². The molecule has 0 saturated heterocycles. The first-order valence-corrected chi connectivity index (χ1v) is 7.00. The van der Waals surface area contributed by atoms with E-state index in [1.54, 1.807) is 0 Å². The Morgan fingerprint density at radius 1 is 1.37 bits per heavy atom. The Morgan fingerprint density at radius 3 is 2.84 bits per heavy atom. The van der Waals surface area contributed by atoms with Crippen molar-refractivity contribution in [1.82, 2.24) is 0 Å². The first-order valence-electron chi connectivity index (χ1n) is 7.00. The van der Waals surface area contributed by atoms with Crippen LogP contribution < -0.4 is 5.32 Å². The molecule has 0 aromatic heterocycles. The van der Waals surface area contributed by atoms with Crippen molar-refractivity contribution >= 4 is 5.69 Å². The van der Waals surface area contributed by atoms with Crippen molar-refractivity contribution < 1.29 is 0 Å². The van der Waals surface area contributed by atoms with E-state index in [4.69, 9.17) is 5.26 Å². The maximum absolute atomic E-state index is 8.95. The average Bonchev–Trinajstić information content (AvgIpc) is 2.37. The van der Waals surface area contributed by atoms with Crippen molar-refractivity contribution in [1.29, 1.82) is 5.26 Å². The quantitative estimate of drug-likeness (QED) is 0.818. The number of nitrogens with one attached hydrogen (secondary N) is 1. The molecule has 2 nitrogen and oxygen atoms in total. The minimum absolute atomic E-state index is 0.687. The molecule has 0 radical (unpaired) electrons. The van der Waals surface area contributed by atoms with Crippen LogP contribution in [0.15, 0.2) is 29.8 Å². The van der Waals surface area contributed by atoms with E-state index in [0.717, 1.165) is 17.8 Å². The van der Waals surface area contributed by atoms with E-state index in [0.29, 0.717) is 11.8 Å². The van der Waals surface area contributed by atoms with Gasteiger partial charge in [0.25, 0.3) is 0 Å². The van der Waals surface area contributed by atoms with Gasteiger partial charge in [-0.2, -0.15) is 5.26 Å². The van der Waals surface area contributed by atoms with Gasteiger partial charge in [-0.15, -0.1) is 0 Å². The average molecular weight is 254 g/mol. The fourth-order valence-corrected chi connectivity index (χ4v) is 2.98. The van der Waals surface area contributed by atoms with Gasteiger partial charge in [-0.25, -0.2) is 0 Å². The number of hydrogen-bond acceptors (Lipinski definition) is 2. The van der Waals surface area contributed by atoms with Gasteiger partial charge in [-0.3, -0.25) is 0 Å². The number of rotatable bonds is 3. The van der Waals surface area contributed by atoms with Gasteiger partial charge < -0.3 is 5.32 Å². The molecule has 1 aromatic rings.